The van der Waals surface area contributed by atoms with Crippen molar-refractivity contribution in [3.63, 3.8) is 0 Å². The minimum Gasteiger partial charge on any atom is -0.288 e. The van der Waals surface area contributed by atoms with Crippen molar-refractivity contribution in [1.29, 1.82) is 0 Å². The summed E-state index contributed by atoms with van der Waals surface area (Å²) >= 11 is 13.2. The molecule has 3 rings (SSSR count). The Morgan fingerprint density at radius 2 is 1.88 bits per heavy atom. The molecule has 132 valence electrons. The summed E-state index contributed by atoms with van der Waals surface area (Å²) in [6.07, 6.45) is 0. The van der Waals surface area contributed by atoms with E-state index in [1.54, 1.807) is 37.3 Å². The van der Waals surface area contributed by atoms with E-state index in [-0.39, 0.29) is 16.4 Å². The third-order valence-electron chi connectivity index (χ3n) is 3.72. The van der Waals surface area contributed by atoms with E-state index in [0.717, 1.165) is 15.6 Å². The van der Waals surface area contributed by atoms with Crippen LogP contribution in [-0.2, 0) is 10.2 Å². The van der Waals surface area contributed by atoms with Gasteiger partial charge in [-0.15, -0.1) is 11.3 Å². The fourth-order valence-electron chi connectivity index (χ4n) is 2.48. The number of benzene rings is 1. The van der Waals surface area contributed by atoms with E-state index in [1.165, 1.54) is 18.1 Å². The topological polar surface area (TPSA) is 59.4 Å². The molecule has 0 aliphatic heterocycles. The monoisotopic (exact) mass is 416 g/mol. The van der Waals surface area contributed by atoms with Crippen LogP contribution < -0.4 is 0 Å². The Bertz CT molecular complexity index is 1100. The van der Waals surface area contributed by atoms with Crippen LogP contribution in [-0.4, -0.2) is 36.6 Å². The Kier molecular flexibility index (Phi) is 4.72. The highest BCUT2D eigenvalue weighted by molar-refractivity contribution is 7.87. The number of halogens is 2. The van der Waals surface area contributed by atoms with E-state index in [4.69, 9.17) is 23.2 Å². The Morgan fingerprint density at radius 3 is 2.52 bits per heavy atom. The molecule has 0 atom stereocenters. The third kappa shape index (κ3) is 3.00. The zero-order chi connectivity index (χ0) is 18.5. The molecule has 2 aromatic heterocycles. The summed E-state index contributed by atoms with van der Waals surface area (Å²) in [5.74, 6) is -0.292. The summed E-state index contributed by atoms with van der Waals surface area (Å²) in [7, 11) is -0.752. The maximum absolute atomic E-state index is 12.8. The van der Waals surface area contributed by atoms with Crippen LogP contribution in [0.3, 0.4) is 0 Å². The predicted molar refractivity (Wildman–Crippen MR) is 102 cm³/mol. The first-order valence-electron chi connectivity index (χ1n) is 7.18. The molecule has 0 saturated carbocycles. The van der Waals surface area contributed by atoms with E-state index in [2.05, 4.69) is 0 Å². The molecule has 0 aliphatic carbocycles. The van der Waals surface area contributed by atoms with Crippen LogP contribution in [0.4, 0.5) is 0 Å². The van der Waals surface area contributed by atoms with Crippen LogP contribution in [0, 0.1) is 6.92 Å². The quantitative estimate of drug-likeness (QED) is 0.598. The summed E-state index contributed by atoms with van der Waals surface area (Å²) in [6, 6.07) is 8.26. The first kappa shape index (κ1) is 18.4. The van der Waals surface area contributed by atoms with E-state index in [9.17, 15) is 13.2 Å². The van der Waals surface area contributed by atoms with Crippen molar-refractivity contribution in [1.82, 2.24) is 8.28 Å². The number of aromatic nitrogens is 1. The van der Waals surface area contributed by atoms with Crippen molar-refractivity contribution < 1.29 is 13.2 Å². The minimum atomic E-state index is -3.68. The van der Waals surface area contributed by atoms with Crippen molar-refractivity contribution in [2.75, 3.05) is 14.1 Å². The van der Waals surface area contributed by atoms with Gasteiger partial charge in [0.25, 0.3) is 0 Å². The fraction of sp³-hybridized carbons (Fsp3) is 0.188. The molecule has 25 heavy (non-hydrogen) atoms. The highest BCUT2D eigenvalue weighted by atomic mass is 35.5. The number of carbonyl (C=O) groups is 1. The second-order valence-corrected chi connectivity index (χ2v) is 9.45. The van der Waals surface area contributed by atoms with Gasteiger partial charge < -0.3 is 0 Å². The first-order chi connectivity index (χ1) is 11.6. The number of fused-ring (bicyclic) bond motifs is 1. The van der Waals surface area contributed by atoms with Gasteiger partial charge in [0.05, 0.1) is 14.9 Å². The SMILES string of the molecule is Cc1cc2cc(C(=O)c3cccc(Cl)c3Cl)sc2n1S(=O)(=O)N(C)C. The van der Waals surface area contributed by atoms with Gasteiger partial charge in [-0.2, -0.15) is 12.7 Å². The van der Waals surface area contributed by atoms with E-state index >= 15 is 0 Å². The van der Waals surface area contributed by atoms with Crippen molar-refractivity contribution in [3.05, 3.63) is 56.5 Å². The van der Waals surface area contributed by atoms with E-state index < -0.39 is 10.2 Å². The number of thiophene rings is 1. The Labute approximate surface area is 159 Å². The number of nitrogens with zero attached hydrogens (tertiary/aromatic N) is 2. The van der Waals surface area contributed by atoms with Crippen LogP contribution in [0.5, 0.6) is 0 Å². The van der Waals surface area contributed by atoms with Gasteiger partial charge in [-0.05, 0) is 31.2 Å². The van der Waals surface area contributed by atoms with Crippen LogP contribution in [0.15, 0.2) is 30.3 Å². The molecule has 5 nitrogen and oxygen atoms in total. The Morgan fingerprint density at radius 1 is 1.20 bits per heavy atom. The second-order valence-electron chi connectivity index (χ2n) is 5.64. The Hall–Kier alpha value is -1.38. The van der Waals surface area contributed by atoms with Gasteiger partial charge in [0.15, 0.2) is 0 Å². The maximum Gasteiger partial charge on any atom is 0.308 e. The number of rotatable bonds is 4. The summed E-state index contributed by atoms with van der Waals surface area (Å²) < 4.78 is 27.5. The highest BCUT2D eigenvalue weighted by Crippen LogP contribution is 2.34. The lowest BCUT2D eigenvalue weighted by Crippen LogP contribution is -2.29. The van der Waals surface area contributed by atoms with Gasteiger partial charge in [0, 0.05) is 30.7 Å². The molecule has 0 saturated heterocycles. The lowest BCUT2D eigenvalue weighted by molar-refractivity contribution is 0.104. The summed E-state index contributed by atoms with van der Waals surface area (Å²) in [6.45, 7) is 1.71. The average molecular weight is 417 g/mol. The summed E-state index contributed by atoms with van der Waals surface area (Å²) in [5, 5.41) is 1.17. The van der Waals surface area contributed by atoms with Gasteiger partial charge in [-0.3, -0.25) is 4.79 Å². The number of ketones is 1. The first-order valence-corrected chi connectivity index (χ1v) is 10.1. The number of carbonyl (C=O) groups excluding carboxylic acids is 1. The molecule has 0 unspecified atom stereocenters. The number of aryl methyl sites for hydroxylation is 1. The molecule has 0 fully saturated rings. The van der Waals surface area contributed by atoms with Crippen molar-refractivity contribution in [2.24, 2.45) is 0 Å². The molecule has 0 bridgehead atoms. The van der Waals surface area contributed by atoms with Gasteiger partial charge in [0.1, 0.15) is 4.83 Å². The second kappa shape index (κ2) is 6.41. The zero-order valence-corrected chi connectivity index (χ0v) is 16.7. The molecule has 0 aliphatic rings. The smallest absolute Gasteiger partial charge is 0.288 e. The predicted octanol–water partition coefficient (Wildman–Crippen LogP) is 4.20. The lowest BCUT2D eigenvalue weighted by Gasteiger charge is -2.14. The third-order valence-corrected chi connectivity index (χ3v) is 7.65. The molecule has 0 spiro atoms. The molecule has 3 aromatic rings. The molecule has 2 heterocycles. The van der Waals surface area contributed by atoms with Gasteiger partial charge >= 0.3 is 10.2 Å². The summed E-state index contributed by atoms with van der Waals surface area (Å²) in [4.78, 5) is 13.7. The van der Waals surface area contributed by atoms with Crippen molar-refractivity contribution in [3.8, 4) is 0 Å². The summed E-state index contributed by atoms with van der Waals surface area (Å²) in [5.41, 5.74) is 0.867. The Balaban J connectivity index is 2.16. The number of hydrogen-bond donors (Lipinski definition) is 0. The van der Waals surface area contributed by atoms with Crippen LogP contribution in [0.25, 0.3) is 10.2 Å². The van der Waals surface area contributed by atoms with Crippen molar-refractivity contribution in [2.45, 2.75) is 6.92 Å². The van der Waals surface area contributed by atoms with Crippen molar-refractivity contribution >= 4 is 60.7 Å². The van der Waals surface area contributed by atoms with Crippen LogP contribution in [0.2, 0.25) is 10.0 Å². The standard InChI is InChI=1S/C16H14Cl2N2O3S2/c1-9-7-10-8-13(15(21)11-5-4-6-12(17)14(11)18)24-16(10)20(9)25(22,23)19(2)3/h4-8H,1-3H3. The molecule has 0 amide bonds. The van der Waals surface area contributed by atoms with Crippen LogP contribution >= 0.6 is 34.5 Å². The normalized spacial score (nSPS) is 12.2. The average Bonchev–Trinajstić information content (AvgIpc) is 3.05. The lowest BCUT2D eigenvalue weighted by atomic mass is 10.1. The van der Waals surface area contributed by atoms with E-state index in [1.807, 2.05) is 0 Å². The van der Waals surface area contributed by atoms with Gasteiger partial charge in [0.2, 0.25) is 5.78 Å². The minimum absolute atomic E-state index is 0.187. The van der Waals surface area contributed by atoms with Gasteiger partial charge in [-0.25, -0.2) is 3.97 Å². The fourth-order valence-corrected chi connectivity index (χ4v) is 5.37. The highest BCUT2D eigenvalue weighted by Gasteiger charge is 2.25. The van der Waals surface area contributed by atoms with E-state index in [0.29, 0.717) is 25.8 Å². The molecular formula is C16H14Cl2N2O3S2. The largest absolute Gasteiger partial charge is 0.308 e. The maximum atomic E-state index is 12.8. The van der Waals surface area contributed by atoms with Gasteiger partial charge in [-0.1, -0.05) is 29.3 Å². The molecule has 0 radical (unpaired) electrons. The zero-order valence-electron chi connectivity index (χ0n) is 13.6. The molecule has 0 N–H and O–H groups in total. The molecule has 1 aromatic carbocycles. The number of hydrogen-bond acceptors (Lipinski definition) is 4. The molecular weight excluding hydrogens is 403 g/mol. The van der Waals surface area contributed by atoms with Crippen LogP contribution in [0.1, 0.15) is 20.9 Å². The molecule has 9 heteroatoms.